The summed E-state index contributed by atoms with van der Waals surface area (Å²) in [4.78, 5) is 22.5. The number of carbonyl (C=O) groups is 2. The van der Waals surface area contributed by atoms with Gasteiger partial charge in [-0.3, -0.25) is 9.59 Å². The Morgan fingerprint density at radius 2 is 2.00 bits per heavy atom. The second kappa shape index (κ2) is 12.9. The molecule has 1 aliphatic rings. The first-order valence-electron chi connectivity index (χ1n) is 9.80. The molecule has 1 rings (SSSR count). The maximum Gasteiger partial charge on any atom is 0.303 e. The normalized spacial score (nSPS) is 22.2. The van der Waals surface area contributed by atoms with E-state index in [2.05, 4.69) is 13.0 Å². The molecule has 0 heterocycles. The van der Waals surface area contributed by atoms with Crippen LogP contribution in [0.4, 0.5) is 0 Å². The topological polar surface area (TPSA) is 74.6 Å². The fraction of sp³-hybridized carbons (Fsp3) is 0.714. The highest BCUT2D eigenvalue weighted by Crippen LogP contribution is 2.33. The van der Waals surface area contributed by atoms with Gasteiger partial charge in [-0.1, -0.05) is 50.5 Å². The standard InChI is InChI=1S/C21H34O4/c1-2-3-7-10-18(22)15-13-17-14-16-20(23)19(17)11-8-5-4-6-9-12-21(24)25/h4,6,13,15,17-19,22H,2-3,5,7-12,14,16H2,1H3,(H,24,25)/b6-4-,15-13+/t17-,18-,19+/m0/s1. The van der Waals surface area contributed by atoms with Gasteiger partial charge in [-0.15, -0.1) is 0 Å². The summed E-state index contributed by atoms with van der Waals surface area (Å²) in [5.41, 5.74) is 0. The van der Waals surface area contributed by atoms with Crippen molar-refractivity contribution in [3.8, 4) is 0 Å². The van der Waals surface area contributed by atoms with Crippen LogP contribution >= 0.6 is 0 Å². The fourth-order valence-electron chi connectivity index (χ4n) is 3.41. The molecule has 1 fully saturated rings. The maximum absolute atomic E-state index is 12.1. The number of hydrogen-bond donors (Lipinski definition) is 2. The number of carboxylic acid groups (broad SMARTS) is 1. The molecule has 0 radical (unpaired) electrons. The van der Waals surface area contributed by atoms with Crippen molar-refractivity contribution in [3.63, 3.8) is 0 Å². The molecule has 0 spiro atoms. The van der Waals surface area contributed by atoms with Gasteiger partial charge in [0, 0.05) is 18.8 Å². The van der Waals surface area contributed by atoms with Crippen LogP contribution in [0.1, 0.15) is 77.6 Å². The summed E-state index contributed by atoms with van der Waals surface area (Å²) in [5, 5.41) is 18.6. The summed E-state index contributed by atoms with van der Waals surface area (Å²) in [6.45, 7) is 2.15. The van der Waals surface area contributed by atoms with Gasteiger partial charge in [0.05, 0.1) is 6.10 Å². The summed E-state index contributed by atoms with van der Waals surface area (Å²) in [5.74, 6) is -0.0616. The van der Waals surface area contributed by atoms with Gasteiger partial charge < -0.3 is 10.2 Å². The van der Waals surface area contributed by atoms with E-state index >= 15 is 0 Å². The van der Waals surface area contributed by atoms with E-state index in [0.717, 1.165) is 51.4 Å². The zero-order valence-electron chi connectivity index (χ0n) is 15.5. The van der Waals surface area contributed by atoms with E-state index < -0.39 is 5.97 Å². The molecule has 2 N–H and O–H groups in total. The van der Waals surface area contributed by atoms with Crippen molar-refractivity contribution >= 4 is 11.8 Å². The quantitative estimate of drug-likeness (QED) is 0.374. The Hall–Kier alpha value is -1.42. The molecule has 3 atom stereocenters. The lowest BCUT2D eigenvalue weighted by molar-refractivity contribution is -0.136. The van der Waals surface area contributed by atoms with Crippen LogP contribution in [0.25, 0.3) is 0 Å². The van der Waals surface area contributed by atoms with Gasteiger partial charge in [-0.05, 0) is 44.4 Å². The van der Waals surface area contributed by atoms with Crippen LogP contribution in [0.2, 0.25) is 0 Å². The lowest BCUT2D eigenvalue weighted by atomic mass is 9.89. The number of aliphatic hydroxyl groups excluding tert-OH is 1. The number of hydrogen-bond acceptors (Lipinski definition) is 3. The molecule has 4 heteroatoms. The molecule has 1 saturated carbocycles. The molecule has 4 nitrogen and oxygen atoms in total. The van der Waals surface area contributed by atoms with E-state index in [1.807, 2.05) is 18.2 Å². The SMILES string of the molecule is CCCCC[C@H](O)/C=C/[C@H]1CCC(=O)[C@@H]1CCC/C=C\CCC(=O)O. The number of rotatable bonds is 13. The predicted octanol–water partition coefficient (Wildman–Crippen LogP) is 4.67. The number of ketones is 1. The monoisotopic (exact) mass is 350 g/mol. The number of allylic oxidation sites excluding steroid dienone is 3. The highest BCUT2D eigenvalue weighted by Gasteiger charge is 2.32. The van der Waals surface area contributed by atoms with E-state index in [-0.39, 0.29) is 24.4 Å². The van der Waals surface area contributed by atoms with Gasteiger partial charge in [0.15, 0.2) is 0 Å². The Labute approximate surface area is 152 Å². The molecule has 0 bridgehead atoms. The third-order valence-corrected chi connectivity index (χ3v) is 4.92. The minimum absolute atomic E-state index is 0.0894. The number of carbonyl (C=O) groups excluding carboxylic acids is 1. The largest absolute Gasteiger partial charge is 0.481 e. The second-order valence-electron chi connectivity index (χ2n) is 7.06. The zero-order valence-corrected chi connectivity index (χ0v) is 15.5. The van der Waals surface area contributed by atoms with Gasteiger partial charge in [-0.2, -0.15) is 0 Å². The Kier molecular flexibility index (Phi) is 11.1. The number of aliphatic carboxylic acids is 1. The summed E-state index contributed by atoms with van der Waals surface area (Å²) in [6.07, 6.45) is 16.6. The third-order valence-electron chi connectivity index (χ3n) is 4.92. The molecule has 0 aromatic heterocycles. The Morgan fingerprint density at radius 1 is 1.24 bits per heavy atom. The molecular weight excluding hydrogens is 316 g/mol. The fourth-order valence-corrected chi connectivity index (χ4v) is 3.41. The Balaban J connectivity index is 2.30. The van der Waals surface area contributed by atoms with Crippen molar-refractivity contribution < 1.29 is 19.8 Å². The van der Waals surface area contributed by atoms with Crippen molar-refractivity contribution in [1.82, 2.24) is 0 Å². The lowest BCUT2D eigenvalue weighted by Crippen LogP contribution is -2.14. The van der Waals surface area contributed by atoms with Crippen LogP contribution in [-0.4, -0.2) is 28.1 Å². The van der Waals surface area contributed by atoms with Gasteiger partial charge >= 0.3 is 5.97 Å². The average molecular weight is 350 g/mol. The lowest BCUT2D eigenvalue weighted by Gasteiger charge is -2.15. The molecule has 1 aliphatic carbocycles. The highest BCUT2D eigenvalue weighted by atomic mass is 16.4. The highest BCUT2D eigenvalue weighted by molar-refractivity contribution is 5.83. The first kappa shape index (κ1) is 21.6. The molecule has 0 amide bonds. The van der Waals surface area contributed by atoms with E-state index in [4.69, 9.17) is 5.11 Å². The van der Waals surface area contributed by atoms with Gasteiger partial charge in [-0.25, -0.2) is 0 Å². The van der Waals surface area contributed by atoms with E-state index in [1.165, 1.54) is 0 Å². The third kappa shape index (κ3) is 9.59. The summed E-state index contributed by atoms with van der Waals surface area (Å²) in [6, 6.07) is 0. The van der Waals surface area contributed by atoms with Gasteiger partial charge in [0.1, 0.15) is 5.78 Å². The van der Waals surface area contributed by atoms with E-state index in [1.54, 1.807) is 0 Å². The van der Waals surface area contributed by atoms with E-state index in [0.29, 0.717) is 18.6 Å². The zero-order chi connectivity index (χ0) is 18.5. The number of aliphatic hydroxyl groups is 1. The number of Topliss-reactive ketones (excluding diaryl/α,β-unsaturated/α-hetero) is 1. The average Bonchev–Trinajstić information content (AvgIpc) is 2.92. The smallest absolute Gasteiger partial charge is 0.303 e. The summed E-state index contributed by atoms with van der Waals surface area (Å²) in [7, 11) is 0. The van der Waals surface area contributed by atoms with Gasteiger partial charge in [0.25, 0.3) is 0 Å². The predicted molar refractivity (Wildman–Crippen MR) is 100 cm³/mol. The maximum atomic E-state index is 12.1. The van der Waals surface area contributed by atoms with Crippen molar-refractivity contribution in [2.75, 3.05) is 0 Å². The molecule has 0 unspecified atom stereocenters. The first-order valence-corrected chi connectivity index (χ1v) is 9.80. The van der Waals surface area contributed by atoms with Crippen LogP contribution in [0.5, 0.6) is 0 Å². The Morgan fingerprint density at radius 3 is 2.72 bits per heavy atom. The molecule has 0 aromatic carbocycles. The van der Waals surface area contributed by atoms with Crippen LogP contribution in [0.3, 0.4) is 0 Å². The minimum atomic E-state index is -0.771. The number of carboxylic acids is 1. The van der Waals surface area contributed by atoms with Crippen LogP contribution in [0.15, 0.2) is 24.3 Å². The van der Waals surface area contributed by atoms with Crippen LogP contribution < -0.4 is 0 Å². The Bertz CT molecular complexity index is 453. The molecule has 142 valence electrons. The molecular formula is C21H34O4. The molecule has 25 heavy (non-hydrogen) atoms. The van der Waals surface area contributed by atoms with Crippen molar-refractivity contribution in [1.29, 1.82) is 0 Å². The molecule has 0 saturated heterocycles. The van der Waals surface area contributed by atoms with E-state index in [9.17, 15) is 14.7 Å². The summed E-state index contributed by atoms with van der Waals surface area (Å²) < 4.78 is 0. The first-order chi connectivity index (χ1) is 12.0. The van der Waals surface area contributed by atoms with Crippen LogP contribution in [0, 0.1) is 11.8 Å². The number of unbranched alkanes of at least 4 members (excludes halogenated alkanes) is 3. The van der Waals surface area contributed by atoms with Crippen molar-refractivity contribution in [2.24, 2.45) is 11.8 Å². The minimum Gasteiger partial charge on any atom is -0.481 e. The second-order valence-corrected chi connectivity index (χ2v) is 7.06. The van der Waals surface area contributed by atoms with Crippen molar-refractivity contribution in [2.45, 2.75) is 83.7 Å². The molecule has 0 aliphatic heterocycles. The summed E-state index contributed by atoms with van der Waals surface area (Å²) >= 11 is 0. The van der Waals surface area contributed by atoms with Gasteiger partial charge in [0.2, 0.25) is 0 Å². The van der Waals surface area contributed by atoms with Crippen LogP contribution in [-0.2, 0) is 9.59 Å². The van der Waals surface area contributed by atoms with Crippen molar-refractivity contribution in [3.05, 3.63) is 24.3 Å². The molecule has 0 aromatic rings.